The number of aliphatic imine (C=N–C) groups is 1. The summed E-state index contributed by atoms with van der Waals surface area (Å²) in [5, 5.41) is 7.19. The molecule has 0 radical (unpaired) electrons. The predicted octanol–water partition coefficient (Wildman–Crippen LogP) is 3.89. The molecule has 174 valence electrons. The highest BCUT2D eigenvalue weighted by molar-refractivity contribution is 14.0. The molecule has 2 fully saturated rings. The molecule has 2 aliphatic rings. The van der Waals surface area contributed by atoms with Crippen molar-refractivity contribution in [3.8, 4) is 5.75 Å². The molecule has 2 saturated heterocycles. The van der Waals surface area contributed by atoms with Crippen LogP contribution in [0.1, 0.15) is 18.4 Å². The molecule has 2 heterocycles. The topological polar surface area (TPSA) is 52.1 Å². The van der Waals surface area contributed by atoms with E-state index < -0.39 is 0 Å². The van der Waals surface area contributed by atoms with Crippen molar-refractivity contribution >= 4 is 41.3 Å². The van der Waals surface area contributed by atoms with Crippen LogP contribution in [0.5, 0.6) is 5.75 Å². The van der Waals surface area contributed by atoms with E-state index in [1.54, 1.807) is 7.11 Å². The van der Waals surface area contributed by atoms with Gasteiger partial charge in [-0.15, -0.1) is 24.0 Å². The summed E-state index contributed by atoms with van der Waals surface area (Å²) in [4.78, 5) is 9.37. The number of guanidine groups is 1. The van der Waals surface area contributed by atoms with Crippen molar-refractivity contribution in [1.29, 1.82) is 0 Å². The molecule has 0 amide bonds. The summed E-state index contributed by atoms with van der Waals surface area (Å²) in [5.74, 6) is 2.44. The van der Waals surface area contributed by atoms with Crippen molar-refractivity contribution in [1.82, 2.24) is 10.6 Å². The summed E-state index contributed by atoms with van der Waals surface area (Å²) in [7, 11) is 3.58. The van der Waals surface area contributed by atoms with Crippen molar-refractivity contribution in [3.63, 3.8) is 0 Å². The van der Waals surface area contributed by atoms with Gasteiger partial charge in [-0.05, 0) is 49.9 Å². The van der Waals surface area contributed by atoms with Crippen LogP contribution in [0, 0.1) is 12.8 Å². The maximum Gasteiger partial charge on any atom is 0.191 e. The quantitative estimate of drug-likeness (QED) is 0.326. The van der Waals surface area contributed by atoms with Crippen LogP contribution < -0.4 is 25.2 Å². The number of anilines is 2. The average molecular weight is 550 g/mol. The lowest BCUT2D eigenvalue weighted by Crippen LogP contribution is -2.46. The zero-order valence-corrected chi connectivity index (χ0v) is 21.7. The Hall–Kier alpha value is -2.16. The number of hydrogen-bond donors (Lipinski definition) is 2. The number of rotatable bonds is 6. The molecule has 2 N–H and O–H groups in total. The third kappa shape index (κ3) is 6.21. The molecule has 0 spiro atoms. The van der Waals surface area contributed by atoms with Crippen molar-refractivity contribution in [2.45, 2.75) is 25.8 Å². The molecule has 6 nitrogen and oxygen atoms in total. The number of nitrogens with one attached hydrogen (secondary N) is 2. The summed E-state index contributed by atoms with van der Waals surface area (Å²) in [6, 6.07) is 17.6. The predicted molar refractivity (Wildman–Crippen MR) is 145 cm³/mol. The molecule has 0 saturated carbocycles. The van der Waals surface area contributed by atoms with Gasteiger partial charge in [-0.1, -0.05) is 23.8 Å². The number of hydrogen-bond acceptors (Lipinski definition) is 4. The van der Waals surface area contributed by atoms with E-state index in [0.717, 1.165) is 50.9 Å². The number of methoxy groups -OCH3 is 1. The zero-order valence-electron chi connectivity index (χ0n) is 19.4. The Balaban J connectivity index is 0.00000289. The van der Waals surface area contributed by atoms with Gasteiger partial charge in [0.1, 0.15) is 5.75 Å². The molecular formula is C25H36IN5O. The van der Waals surface area contributed by atoms with E-state index in [9.17, 15) is 0 Å². The van der Waals surface area contributed by atoms with E-state index in [4.69, 9.17) is 4.74 Å². The Morgan fingerprint density at radius 3 is 2.53 bits per heavy atom. The zero-order chi connectivity index (χ0) is 21.6. The molecule has 2 aromatic carbocycles. The smallest absolute Gasteiger partial charge is 0.191 e. The first-order valence-electron chi connectivity index (χ1n) is 11.3. The second-order valence-electron chi connectivity index (χ2n) is 8.67. The molecule has 32 heavy (non-hydrogen) atoms. The van der Waals surface area contributed by atoms with Crippen molar-refractivity contribution in [3.05, 3.63) is 54.1 Å². The maximum absolute atomic E-state index is 5.37. The molecular weight excluding hydrogens is 513 g/mol. The molecule has 4 rings (SSSR count). The van der Waals surface area contributed by atoms with Gasteiger partial charge in [0.25, 0.3) is 0 Å². The Labute approximate surface area is 209 Å². The highest BCUT2D eigenvalue weighted by Gasteiger charge is 2.25. The molecule has 2 aliphatic heterocycles. The van der Waals surface area contributed by atoms with Crippen LogP contribution >= 0.6 is 24.0 Å². The summed E-state index contributed by atoms with van der Waals surface area (Å²) < 4.78 is 5.37. The fourth-order valence-corrected chi connectivity index (χ4v) is 4.54. The molecule has 0 aromatic heterocycles. The van der Waals surface area contributed by atoms with Gasteiger partial charge in [-0.3, -0.25) is 4.99 Å². The van der Waals surface area contributed by atoms with E-state index in [1.165, 1.54) is 23.4 Å². The maximum atomic E-state index is 5.37. The normalized spacial score (nSPS) is 20.8. The van der Waals surface area contributed by atoms with Crippen molar-refractivity contribution in [2.75, 3.05) is 56.7 Å². The number of halogens is 1. The van der Waals surface area contributed by atoms with E-state index >= 15 is 0 Å². The third-order valence-electron chi connectivity index (χ3n) is 6.41. The van der Waals surface area contributed by atoms with Crippen LogP contribution in [0.3, 0.4) is 0 Å². The Kier molecular flexibility index (Phi) is 8.90. The molecule has 2 unspecified atom stereocenters. The molecule has 2 atom stereocenters. The van der Waals surface area contributed by atoms with E-state index in [2.05, 4.69) is 74.8 Å². The van der Waals surface area contributed by atoms with Crippen molar-refractivity contribution < 1.29 is 4.74 Å². The minimum absolute atomic E-state index is 0. The molecule has 2 aromatic rings. The van der Waals surface area contributed by atoms with Crippen LogP contribution in [-0.4, -0.2) is 58.9 Å². The average Bonchev–Trinajstić information content (AvgIpc) is 3.47. The van der Waals surface area contributed by atoms with Crippen LogP contribution in [0.15, 0.2) is 53.5 Å². The largest absolute Gasteiger partial charge is 0.497 e. The van der Waals surface area contributed by atoms with Gasteiger partial charge in [-0.25, -0.2) is 0 Å². The SMILES string of the molecule is CN=C(NCC1CCN(c2cccc(OC)c2)C1)NC1CCN(c2ccc(C)cc2)C1.I. The fourth-order valence-electron chi connectivity index (χ4n) is 4.54. The summed E-state index contributed by atoms with van der Waals surface area (Å²) in [6.07, 6.45) is 2.31. The van der Waals surface area contributed by atoms with E-state index in [-0.39, 0.29) is 24.0 Å². The minimum atomic E-state index is 0. The summed E-state index contributed by atoms with van der Waals surface area (Å²) in [6.45, 7) is 7.30. The lowest BCUT2D eigenvalue weighted by molar-refractivity contribution is 0.415. The van der Waals surface area contributed by atoms with Gasteiger partial charge in [-0.2, -0.15) is 0 Å². The number of nitrogens with zero attached hydrogens (tertiary/aromatic N) is 3. The van der Waals surface area contributed by atoms with Crippen LogP contribution in [0.25, 0.3) is 0 Å². The van der Waals surface area contributed by atoms with Crippen molar-refractivity contribution in [2.24, 2.45) is 10.9 Å². The van der Waals surface area contributed by atoms with E-state index in [1.807, 2.05) is 13.1 Å². The van der Waals surface area contributed by atoms with E-state index in [0.29, 0.717) is 12.0 Å². The summed E-state index contributed by atoms with van der Waals surface area (Å²) >= 11 is 0. The monoisotopic (exact) mass is 549 g/mol. The van der Waals surface area contributed by atoms with Gasteiger partial charge in [0.05, 0.1) is 7.11 Å². The Morgan fingerprint density at radius 2 is 1.78 bits per heavy atom. The van der Waals surface area contributed by atoms with Gasteiger partial charge >= 0.3 is 0 Å². The van der Waals surface area contributed by atoms with Gasteiger partial charge in [0.15, 0.2) is 5.96 Å². The third-order valence-corrected chi connectivity index (χ3v) is 6.41. The van der Waals surface area contributed by atoms with Gasteiger partial charge < -0.3 is 25.2 Å². The second kappa shape index (κ2) is 11.6. The standard InChI is InChI=1S/C25H35N5O.HI/c1-19-7-9-22(10-8-19)30-14-12-21(18-30)28-25(26-2)27-16-20-11-13-29(17-20)23-5-4-6-24(15-23)31-3;/h4-10,15,20-21H,11-14,16-18H2,1-3H3,(H2,26,27,28);1H. The number of benzene rings is 2. The molecule has 7 heteroatoms. The highest BCUT2D eigenvalue weighted by Crippen LogP contribution is 2.26. The Bertz CT molecular complexity index is 888. The van der Waals surface area contributed by atoms with Crippen LogP contribution in [-0.2, 0) is 0 Å². The second-order valence-corrected chi connectivity index (χ2v) is 8.67. The first-order chi connectivity index (χ1) is 15.1. The van der Waals surface area contributed by atoms with Gasteiger partial charge in [0, 0.05) is 63.3 Å². The number of aryl methyl sites for hydroxylation is 1. The van der Waals surface area contributed by atoms with Crippen LogP contribution in [0.2, 0.25) is 0 Å². The molecule has 0 aliphatic carbocycles. The first-order valence-corrected chi connectivity index (χ1v) is 11.3. The fraction of sp³-hybridized carbons (Fsp3) is 0.480. The summed E-state index contributed by atoms with van der Waals surface area (Å²) in [5.41, 5.74) is 3.85. The number of ether oxygens (including phenoxy) is 1. The van der Waals surface area contributed by atoms with Gasteiger partial charge in [0.2, 0.25) is 0 Å². The lowest BCUT2D eigenvalue weighted by Gasteiger charge is -2.22. The molecule has 0 bridgehead atoms. The Morgan fingerprint density at radius 1 is 1.03 bits per heavy atom. The first kappa shape index (κ1) is 24.5. The highest BCUT2D eigenvalue weighted by atomic mass is 127. The lowest BCUT2D eigenvalue weighted by atomic mass is 10.1. The van der Waals surface area contributed by atoms with Crippen LogP contribution in [0.4, 0.5) is 11.4 Å². The minimum Gasteiger partial charge on any atom is -0.497 e.